The summed E-state index contributed by atoms with van der Waals surface area (Å²) in [6.45, 7) is 0.530. The lowest BCUT2D eigenvalue weighted by Gasteiger charge is -2.18. The lowest BCUT2D eigenvalue weighted by Crippen LogP contribution is -2.26. The molecule has 2 rings (SSSR count). The molecular weight excluding hydrogens is 192 g/mol. The summed E-state index contributed by atoms with van der Waals surface area (Å²) in [6, 6.07) is 0. The van der Waals surface area contributed by atoms with Gasteiger partial charge in [0.05, 0.1) is 6.61 Å². The van der Waals surface area contributed by atoms with E-state index in [4.69, 9.17) is 4.74 Å². The molecule has 6 nitrogen and oxygen atoms in total. The third-order valence-electron chi connectivity index (χ3n) is 1.69. The standard InChI is InChI=1S/C6H8N4O2S/c11-5-4(2-1-3-12-5)13-6-7-9-10-8-6/h4H,1-3H2,(H,7,8,9,10). The van der Waals surface area contributed by atoms with E-state index in [1.54, 1.807) is 0 Å². The molecular formula is C6H8N4O2S. The molecule has 0 bridgehead atoms. The van der Waals surface area contributed by atoms with Crippen LogP contribution in [0.2, 0.25) is 0 Å². The van der Waals surface area contributed by atoms with E-state index in [9.17, 15) is 4.79 Å². The van der Waals surface area contributed by atoms with Crippen LogP contribution in [0.4, 0.5) is 0 Å². The van der Waals surface area contributed by atoms with Crippen LogP contribution in [0.3, 0.4) is 0 Å². The summed E-state index contributed by atoms with van der Waals surface area (Å²) in [5, 5.41) is 13.6. The second-order valence-corrected chi connectivity index (χ2v) is 3.78. The summed E-state index contributed by atoms with van der Waals surface area (Å²) in [5.74, 6) is -0.180. The van der Waals surface area contributed by atoms with Gasteiger partial charge in [-0.05, 0) is 18.1 Å². The molecule has 1 atom stereocenters. The van der Waals surface area contributed by atoms with E-state index in [-0.39, 0.29) is 11.2 Å². The number of ether oxygens (including phenoxy) is 1. The molecule has 1 aromatic rings. The smallest absolute Gasteiger partial charge is 0.319 e. The van der Waals surface area contributed by atoms with Gasteiger partial charge < -0.3 is 4.74 Å². The van der Waals surface area contributed by atoms with Crippen LogP contribution in [0, 0.1) is 0 Å². The maximum absolute atomic E-state index is 11.2. The van der Waals surface area contributed by atoms with Crippen LogP contribution in [0.1, 0.15) is 12.8 Å². The van der Waals surface area contributed by atoms with Gasteiger partial charge in [0, 0.05) is 0 Å². The van der Waals surface area contributed by atoms with Crippen LogP contribution in [0.25, 0.3) is 0 Å². The van der Waals surface area contributed by atoms with Crippen LogP contribution in [-0.4, -0.2) is 38.5 Å². The third kappa shape index (κ3) is 1.97. The fraction of sp³-hybridized carbons (Fsp3) is 0.667. The molecule has 1 aliphatic rings. The number of carbonyl (C=O) groups excluding carboxylic acids is 1. The van der Waals surface area contributed by atoms with Crippen LogP contribution in [0.15, 0.2) is 5.16 Å². The minimum absolute atomic E-state index is 0.175. The molecule has 2 heterocycles. The fourth-order valence-electron chi connectivity index (χ4n) is 1.09. The Morgan fingerprint density at radius 2 is 2.54 bits per heavy atom. The molecule has 1 unspecified atom stereocenters. The van der Waals surface area contributed by atoms with Crippen molar-refractivity contribution in [3.05, 3.63) is 0 Å². The normalized spacial score (nSPS) is 22.8. The number of nitrogens with zero attached hydrogens (tertiary/aromatic N) is 3. The Kier molecular flexibility index (Phi) is 2.44. The highest BCUT2D eigenvalue weighted by Crippen LogP contribution is 2.25. The highest BCUT2D eigenvalue weighted by Gasteiger charge is 2.26. The zero-order valence-corrected chi connectivity index (χ0v) is 7.58. The number of tetrazole rings is 1. The molecule has 0 saturated carbocycles. The van der Waals surface area contributed by atoms with Crippen molar-refractivity contribution in [3.63, 3.8) is 0 Å². The number of H-pyrrole nitrogens is 1. The van der Waals surface area contributed by atoms with Gasteiger partial charge in [0.2, 0.25) is 5.16 Å². The second kappa shape index (κ2) is 3.73. The van der Waals surface area contributed by atoms with E-state index in [1.165, 1.54) is 11.8 Å². The van der Waals surface area contributed by atoms with E-state index in [1.807, 2.05) is 0 Å². The topological polar surface area (TPSA) is 80.8 Å². The quantitative estimate of drug-likeness (QED) is 0.677. The number of esters is 1. The van der Waals surface area contributed by atoms with Crippen molar-refractivity contribution in [2.45, 2.75) is 23.2 Å². The first-order valence-electron chi connectivity index (χ1n) is 3.93. The average Bonchev–Trinajstić information content (AvgIpc) is 2.61. The maximum Gasteiger partial charge on any atom is 0.319 e. The number of aromatic amines is 1. The predicted molar refractivity (Wildman–Crippen MR) is 44.0 cm³/mol. The lowest BCUT2D eigenvalue weighted by atomic mass is 10.2. The highest BCUT2D eigenvalue weighted by atomic mass is 32.2. The molecule has 1 fully saturated rings. The first-order chi connectivity index (χ1) is 6.36. The molecule has 0 aliphatic carbocycles. The lowest BCUT2D eigenvalue weighted by molar-refractivity contribution is -0.145. The summed E-state index contributed by atoms with van der Waals surface area (Å²) >= 11 is 1.29. The molecule has 1 saturated heterocycles. The SMILES string of the molecule is O=C1OCCCC1Sc1nn[nH]n1. The molecule has 0 aromatic carbocycles. The van der Waals surface area contributed by atoms with Crippen LogP contribution in [-0.2, 0) is 9.53 Å². The molecule has 1 aromatic heterocycles. The summed E-state index contributed by atoms with van der Waals surface area (Å²) < 4.78 is 4.89. The number of hydrogen-bond acceptors (Lipinski definition) is 6. The predicted octanol–water partition coefficient (Wildman–Crippen LogP) is -0.00260. The van der Waals surface area contributed by atoms with Gasteiger partial charge in [-0.3, -0.25) is 4.79 Å². The number of nitrogens with one attached hydrogen (secondary N) is 1. The molecule has 70 valence electrons. The van der Waals surface area contributed by atoms with Crippen LogP contribution in [0.5, 0.6) is 0 Å². The highest BCUT2D eigenvalue weighted by molar-refractivity contribution is 8.00. The first-order valence-corrected chi connectivity index (χ1v) is 4.81. The van der Waals surface area contributed by atoms with Gasteiger partial charge in [0.1, 0.15) is 5.25 Å². The first kappa shape index (κ1) is 8.49. The zero-order valence-electron chi connectivity index (χ0n) is 6.77. The van der Waals surface area contributed by atoms with Crippen molar-refractivity contribution in [2.24, 2.45) is 0 Å². The molecule has 1 N–H and O–H groups in total. The molecule has 0 radical (unpaired) electrons. The van der Waals surface area contributed by atoms with Crippen molar-refractivity contribution in [1.82, 2.24) is 20.6 Å². The van der Waals surface area contributed by atoms with E-state index >= 15 is 0 Å². The minimum atomic E-state index is -0.180. The van der Waals surface area contributed by atoms with E-state index in [0.717, 1.165) is 12.8 Å². The number of aromatic nitrogens is 4. The number of hydrogen-bond donors (Lipinski definition) is 1. The van der Waals surface area contributed by atoms with Crippen molar-refractivity contribution < 1.29 is 9.53 Å². The van der Waals surface area contributed by atoms with Crippen molar-refractivity contribution in [1.29, 1.82) is 0 Å². The summed E-state index contributed by atoms with van der Waals surface area (Å²) in [4.78, 5) is 11.2. The summed E-state index contributed by atoms with van der Waals surface area (Å²) in [7, 11) is 0. The van der Waals surface area contributed by atoms with Crippen LogP contribution < -0.4 is 0 Å². The Morgan fingerprint density at radius 3 is 3.23 bits per heavy atom. The minimum Gasteiger partial charge on any atom is -0.465 e. The largest absolute Gasteiger partial charge is 0.465 e. The van der Waals surface area contributed by atoms with Crippen molar-refractivity contribution in [2.75, 3.05) is 6.61 Å². The van der Waals surface area contributed by atoms with Gasteiger partial charge in [-0.25, -0.2) is 0 Å². The number of carbonyl (C=O) groups is 1. The monoisotopic (exact) mass is 200 g/mol. The van der Waals surface area contributed by atoms with Gasteiger partial charge in [-0.2, -0.15) is 5.21 Å². The Bertz CT molecular complexity index is 289. The summed E-state index contributed by atoms with van der Waals surface area (Å²) in [6.07, 6.45) is 1.72. The van der Waals surface area contributed by atoms with Crippen molar-refractivity contribution in [3.8, 4) is 0 Å². The second-order valence-electron chi connectivity index (χ2n) is 2.61. The molecule has 0 amide bonds. The Morgan fingerprint density at radius 1 is 1.62 bits per heavy atom. The Labute approximate surface area is 78.4 Å². The molecule has 1 aliphatic heterocycles. The van der Waals surface area contributed by atoms with Gasteiger partial charge >= 0.3 is 5.97 Å². The maximum atomic E-state index is 11.2. The van der Waals surface area contributed by atoms with Gasteiger partial charge in [-0.15, -0.1) is 10.2 Å². The fourth-order valence-corrected chi connectivity index (χ4v) is 1.97. The summed E-state index contributed by atoms with van der Waals surface area (Å²) in [5.41, 5.74) is 0. The third-order valence-corrected chi connectivity index (χ3v) is 2.79. The zero-order chi connectivity index (χ0) is 9.10. The van der Waals surface area contributed by atoms with Crippen molar-refractivity contribution >= 4 is 17.7 Å². The van der Waals surface area contributed by atoms with Gasteiger partial charge in [0.25, 0.3) is 0 Å². The van der Waals surface area contributed by atoms with E-state index in [2.05, 4.69) is 20.6 Å². The van der Waals surface area contributed by atoms with Gasteiger partial charge in [0.15, 0.2) is 0 Å². The van der Waals surface area contributed by atoms with Gasteiger partial charge in [-0.1, -0.05) is 11.8 Å². The molecule has 0 spiro atoms. The van der Waals surface area contributed by atoms with Crippen LogP contribution >= 0.6 is 11.8 Å². The van der Waals surface area contributed by atoms with E-state index in [0.29, 0.717) is 11.8 Å². The number of thioether (sulfide) groups is 1. The average molecular weight is 200 g/mol. The Hall–Kier alpha value is -1.11. The molecule has 13 heavy (non-hydrogen) atoms. The number of cyclic esters (lactones) is 1. The van der Waals surface area contributed by atoms with E-state index < -0.39 is 0 Å². The Balaban J connectivity index is 1.97. The molecule has 7 heteroatoms. The number of rotatable bonds is 2.